The predicted molar refractivity (Wildman–Crippen MR) is 98.6 cm³/mol. The van der Waals surface area contributed by atoms with Crippen molar-refractivity contribution in [3.05, 3.63) is 77.0 Å². The van der Waals surface area contributed by atoms with Crippen molar-refractivity contribution in [1.29, 1.82) is 0 Å². The van der Waals surface area contributed by atoms with E-state index in [-0.39, 0.29) is 24.3 Å². The standard InChI is InChI=1S/C21H17F3N2O2/c1-13-5-4-6-14(19(13)21(22,23)24)11-26-17-8-3-2-7-16(17)20(25-26)18-10-9-15(12-27)28-18/h2-10,27H,11-12H2,1H3. The van der Waals surface area contributed by atoms with E-state index >= 15 is 0 Å². The van der Waals surface area contributed by atoms with Gasteiger partial charge in [0.25, 0.3) is 0 Å². The number of benzene rings is 2. The van der Waals surface area contributed by atoms with E-state index in [0.29, 0.717) is 22.7 Å². The SMILES string of the molecule is Cc1cccc(Cn2nc(-c3ccc(CO)o3)c3ccccc32)c1C(F)(F)F. The van der Waals surface area contributed by atoms with Gasteiger partial charge in [-0.05, 0) is 36.2 Å². The van der Waals surface area contributed by atoms with Crippen LogP contribution in [0.15, 0.2) is 59.0 Å². The largest absolute Gasteiger partial charge is 0.457 e. The van der Waals surface area contributed by atoms with Crippen molar-refractivity contribution in [3.8, 4) is 11.5 Å². The van der Waals surface area contributed by atoms with Gasteiger partial charge in [-0.2, -0.15) is 18.3 Å². The summed E-state index contributed by atoms with van der Waals surface area (Å²) in [5.41, 5.74) is 0.936. The normalized spacial score (nSPS) is 12.0. The summed E-state index contributed by atoms with van der Waals surface area (Å²) in [6, 6.07) is 15.2. The number of para-hydroxylation sites is 1. The second-order valence-corrected chi connectivity index (χ2v) is 6.55. The van der Waals surface area contributed by atoms with Crippen LogP contribution in [0.1, 0.15) is 22.5 Å². The number of aliphatic hydroxyl groups excluding tert-OH is 1. The molecule has 0 amide bonds. The molecule has 2 aromatic carbocycles. The van der Waals surface area contributed by atoms with Crippen LogP contribution >= 0.6 is 0 Å². The zero-order chi connectivity index (χ0) is 19.9. The van der Waals surface area contributed by atoms with Gasteiger partial charge in [0.1, 0.15) is 18.1 Å². The van der Waals surface area contributed by atoms with Gasteiger partial charge >= 0.3 is 6.18 Å². The molecule has 28 heavy (non-hydrogen) atoms. The first-order valence-electron chi connectivity index (χ1n) is 8.69. The Morgan fingerprint density at radius 1 is 1.04 bits per heavy atom. The summed E-state index contributed by atoms with van der Waals surface area (Å²) in [4.78, 5) is 0. The summed E-state index contributed by atoms with van der Waals surface area (Å²) in [5.74, 6) is 0.853. The summed E-state index contributed by atoms with van der Waals surface area (Å²) in [6.07, 6.45) is -4.44. The Bertz CT molecular complexity index is 1140. The number of nitrogens with zero attached hydrogens (tertiary/aromatic N) is 2. The average molecular weight is 386 g/mol. The maximum atomic E-state index is 13.6. The highest BCUT2D eigenvalue weighted by atomic mass is 19.4. The van der Waals surface area contributed by atoms with Gasteiger partial charge < -0.3 is 9.52 Å². The molecular weight excluding hydrogens is 369 g/mol. The number of alkyl halides is 3. The molecule has 0 saturated carbocycles. The lowest BCUT2D eigenvalue weighted by atomic mass is 10.0. The van der Waals surface area contributed by atoms with E-state index in [1.807, 2.05) is 24.3 Å². The van der Waals surface area contributed by atoms with Crippen molar-refractivity contribution in [1.82, 2.24) is 9.78 Å². The second kappa shape index (κ2) is 6.83. The molecule has 1 N–H and O–H groups in total. The fourth-order valence-electron chi connectivity index (χ4n) is 3.45. The lowest BCUT2D eigenvalue weighted by molar-refractivity contribution is -0.138. The van der Waals surface area contributed by atoms with Gasteiger partial charge in [-0.1, -0.05) is 36.4 Å². The first-order valence-corrected chi connectivity index (χ1v) is 8.69. The molecule has 0 aliphatic carbocycles. The number of aryl methyl sites for hydroxylation is 1. The average Bonchev–Trinajstić information content (AvgIpc) is 3.26. The fourth-order valence-corrected chi connectivity index (χ4v) is 3.45. The fraction of sp³-hybridized carbons (Fsp3) is 0.190. The van der Waals surface area contributed by atoms with Crippen LogP contribution in [-0.2, 0) is 19.3 Å². The van der Waals surface area contributed by atoms with Crippen molar-refractivity contribution in [2.75, 3.05) is 0 Å². The summed E-state index contributed by atoms with van der Waals surface area (Å²) in [6.45, 7) is 1.19. The molecule has 0 radical (unpaired) electrons. The van der Waals surface area contributed by atoms with Crippen molar-refractivity contribution in [3.63, 3.8) is 0 Å². The van der Waals surface area contributed by atoms with Crippen LogP contribution in [0.3, 0.4) is 0 Å². The molecule has 4 aromatic rings. The zero-order valence-electron chi connectivity index (χ0n) is 15.0. The van der Waals surface area contributed by atoms with Crippen LogP contribution in [0, 0.1) is 6.92 Å². The summed E-state index contributed by atoms with van der Waals surface area (Å²) in [7, 11) is 0. The molecule has 0 saturated heterocycles. The molecule has 0 aliphatic rings. The molecule has 0 aliphatic heterocycles. The van der Waals surface area contributed by atoms with Crippen LogP contribution in [0.4, 0.5) is 13.2 Å². The highest BCUT2D eigenvalue weighted by Gasteiger charge is 2.35. The Labute approximate surface area is 158 Å². The highest BCUT2D eigenvalue weighted by Crippen LogP contribution is 2.36. The minimum Gasteiger partial charge on any atom is -0.457 e. The molecule has 0 atom stereocenters. The number of aromatic nitrogens is 2. The van der Waals surface area contributed by atoms with Crippen LogP contribution < -0.4 is 0 Å². The van der Waals surface area contributed by atoms with Gasteiger partial charge in [-0.3, -0.25) is 4.68 Å². The van der Waals surface area contributed by atoms with Crippen molar-refractivity contribution >= 4 is 10.9 Å². The quantitative estimate of drug-likeness (QED) is 0.527. The van der Waals surface area contributed by atoms with Crippen LogP contribution in [0.5, 0.6) is 0 Å². The number of aliphatic hydroxyl groups is 1. The lowest BCUT2D eigenvalue weighted by Crippen LogP contribution is -2.14. The Balaban J connectivity index is 1.85. The number of hydrogen-bond acceptors (Lipinski definition) is 3. The van der Waals surface area contributed by atoms with E-state index in [0.717, 1.165) is 5.39 Å². The van der Waals surface area contributed by atoms with E-state index in [1.165, 1.54) is 19.1 Å². The Morgan fingerprint density at radius 3 is 2.54 bits per heavy atom. The molecule has 2 aromatic heterocycles. The molecular formula is C21H17F3N2O2. The van der Waals surface area contributed by atoms with Gasteiger partial charge in [0.15, 0.2) is 5.76 Å². The highest BCUT2D eigenvalue weighted by molar-refractivity contribution is 5.92. The maximum Gasteiger partial charge on any atom is 0.416 e. The first kappa shape index (κ1) is 18.3. The molecule has 0 fully saturated rings. The molecule has 0 unspecified atom stereocenters. The lowest BCUT2D eigenvalue weighted by Gasteiger charge is -2.16. The Hall–Kier alpha value is -3.06. The Morgan fingerprint density at radius 2 is 1.82 bits per heavy atom. The third-order valence-electron chi connectivity index (χ3n) is 4.67. The van der Waals surface area contributed by atoms with Crippen LogP contribution in [-0.4, -0.2) is 14.9 Å². The van der Waals surface area contributed by atoms with E-state index in [1.54, 1.807) is 22.9 Å². The third-order valence-corrected chi connectivity index (χ3v) is 4.67. The van der Waals surface area contributed by atoms with Crippen molar-refractivity contribution in [2.45, 2.75) is 26.3 Å². The van der Waals surface area contributed by atoms with Gasteiger partial charge in [-0.15, -0.1) is 0 Å². The topological polar surface area (TPSA) is 51.2 Å². The third kappa shape index (κ3) is 3.18. The summed E-state index contributed by atoms with van der Waals surface area (Å²) >= 11 is 0. The monoisotopic (exact) mass is 386 g/mol. The van der Waals surface area contributed by atoms with Crippen molar-refractivity contribution in [2.24, 2.45) is 0 Å². The zero-order valence-corrected chi connectivity index (χ0v) is 15.0. The molecule has 7 heteroatoms. The summed E-state index contributed by atoms with van der Waals surface area (Å²) in [5, 5.41) is 14.5. The number of furan rings is 1. The molecule has 4 rings (SSSR count). The number of halogens is 3. The molecule has 4 nitrogen and oxygen atoms in total. The number of rotatable bonds is 4. The summed E-state index contributed by atoms with van der Waals surface area (Å²) < 4.78 is 47.8. The minimum absolute atomic E-state index is 0.0232. The van der Waals surface area contributed by atoms with E-state index in [2.05, 4.69) is 5.10 Å². The van der Waals surface area contributed by atoms with E-state index < -0.39 is 11.7 Å². The molecule has 144 valence electrons. The predicted octanol–water partition coefficient (Wildman–Crippen LogP) is 5.16. The van der Waals surface area contributed by atoms with Crippen molar-refractivity contribution < 1.29 is 22.7 Å². The maximum absolute atomic E-state index is 13.6. The smallest absolute Gasteiger partial charge is 0.416 e. The molecule has 0 bridgehead atoms. The molecule has 2 heterocycles. The van der Waals surface area contributed by atoms with Gasteiger partial charge in [0.2, 0.25) is 0 Å². The minimum atomic E-state index is -4.44. The van der Waals surface area contributed by atoms with E-state index in [4.69, 9.17) is 4.42 Å². The Kier molecular flexibility index (Phi) is 4.47. The van der Waals surface area contributed by atoms with Crippen LogP contribution in [0.2, 0.25) is 0 Å². The number of fused-ring (bicyclic) bond motifs is 1. The van der Waals surface area contributed by atoms with E-state index in [9.17, 15) is 18.3 Å². The van der Waals surface area contributed by atoms with Gasteiger partial charge in [0, 0.05) is 5.39 Å². The molecule has 0 spiro atoms. The van der Waals surface area contributed by atoms with Gasteiger partial charge in [0.05, 0.1) is 17.6 Å². The number of hydrogen-bond donors (Lipinski definition) is 1. The van der Waals surface area contributed by atoms with Gasteiger partial charge in [-0.25, -0.2) is 0 Å². The van der Waals surface area contributed by atoms with Crippen LogP contribution in [0.25, 0.3) is 22.4 Å². The second-order valence-electron chi connectivity index (χ2n) is 6.55. The first-order chi connectivity index (χ1) is 13.4.